The molecule has 1 heterocycles. The minimum absolute atomic E-state index is 0.00624. The van der Waals surface area contributed by atoms with Crippen molar-refractivity contribution in [2.45, 2.75) is 13.3 Å². The zero-order valence-corrected chi connectivity index (χ0v) is 13.8. The predicted octanol–water partition coefficient (Wildman–Crippen LogP) is 2.20. The predicted molar refractivity (Wildman–Crippen MR) is 92.8 cm³/mol. The lowest BCUT2D eigenvalue weighted by molar-refractivity contribution is -0.132. The van der Waals surface area contributed by atoms with Crippen LogP contribution in [-0.2, 0) is 9.59 Å². The summed E-state index contributed by atoms with van der Waals surface area (Å²) in [6.45, 7) is 3.58. The van der Waals surface area contributed by atoms with Crippen LogP contribution in [0.5, 0.6) is 5.75 Å². The summed E-state index contributed by atoms with van der Waals surface area (Å²) in [5.74, 6) is 1.03. The number of hydrogen-bond donors (Lipinski definition) is 1. The van der Waals surface area contributed by atoms with Crippen molar-refractivity contribution in [2.24, 2.45) is 5.92 Å². The molecule has 3 rings (SSSR count). The van der Waals surface area contributed by atoms with Gasteiger partial charge < -0.3 is 15.0 Å². The third-order valence-electron chi connectivity index (χ3n) is 4.38. The summed E-state index contributed by atoms with van der Waals surface area (Å²) in [5, 5.41) is 4.92. The van der Waals surface area contributed by atoms with Gasteiger partial charge >= 0.3 is 0 Å². The van der Waals surface area contributed by atoms with Gasteiger partial charge in [-0.25, -0.2) is 0 Å². The lowest BCUT2D eigenvalue weighted by Gasteiger charge is -2.17. The third kappa shape index (κ3) is 3.85. The molecule has 0 aliphatic carbocycles. The number of ether oxygens (including phenoxy) is 1. The summed E-state index contributed by atoms with van der Waals surface area (Å²) in [6.07, 6.45) is 0.917. The monoisotopic (exact) mass is 326 g/mol. The van der Waals surface area contributed by atoms with Crippen molar-refractivity contribution in [1.29, 1.82) is 0 Å². The van der Waals surface area contributed by atoms with Gasteiger partial charge in [-0.2, -0.15) is 0 Å². The minimum Gasteiger partial charge on any atom is -0.483 e. The molecule has 1 atom stereocenters. The fraction of sp³-hybridized carbons (Fsp3) is 0.368. The molecule has 2 aromatic carbocycles. The highest BCUT2D eigenvalue weighted by Crippen LogP contribution is 2.25. The van der Waals surface area contributed by atoms with Gasteiger partial charge in [0.1, 0.15) is 5.75 Å². The summed E-state index contributed by atoms with van der Waals surface area (Å²) >= 11 is 0. The van der Waals surface area contributed by atoms with E-state index in [9.17, 15) is 9.59 Å². The highest BCUT2D eigenvalue weighted by Gasteiger charge is 2.26. The lowest BCUT2D eigenvalue weighted by Crippen LogP contribution is -2.34. The number of carbonyl (C=O) groups is 2. The first-order valence-electron chi connectivity index (χ1n) is 8.26. The molecule has 1 saturated heterocycles. The third-order valence-corrected chi connectivity index (χ3v) is 4.38. The van der Waals surface area contributed by atoms with Crippen molar-refractivity contribution in [3.63, 3.8) is 0 Å². The topological polar surface area (TPSA) is 58.6 Å². The fourth-order valence-corrected chi connectivity index (χ4v) is 3.07. The van der Waals surface area contributed by atoms with Gasteiger partial charge in [0.15, 0.2) is 6.61 Å². The minimum atomic E-state index is -0.0286. The van der Waals surface area contributed by atoms with Crippen molar-refractivity contribution in [1.82, 2.24) is 10.2 Å². The molecule has 0 aromatic heterocycles. The van der Waals surface area contributed by atoms with E-state index in [0.29, 0.717) is 19.0 Å². The van der Waals surface area contributed by atoms with E-state index >= 15 is 0 Å². The van der Waals surface area contributed by atoms with E-state index in [-0.39, 0.29) is 18.4 Å². The number of nitrogens with zero attached hydrogens (tertiary/aromatic N) is 1. The molecule has 1 N–H and O–H groups in total. The molecule has 0 bridgehead atoms. The molecular weight excluding hydrogens is 304 g/mol. The summed E-state index contributed by atoms with van der Waals surface area (Å²) in [6, 6.07) is 13.8. The molecule has 1 aliphatic heterocycles. The SMILES string of the molecule is CC(=O)NC[C@@H]1CCN(C(=O)COc2cccc3ccccc23)C1. The van der Waals surface area contributed by atoms with Crippen LogP contribution in [0.2, 0.25) is 0 Å². The molecule has 5 nitrogen and oxygen atoms in total. The Bertz CT molecular complexity index is 739. The van der Waals surface area contributed by atoms with E-state index in [1.807, 2.05) is 47.4 Å². The van der Waals surface area contributed by atoms with Crippen molar-refractivity contribution in [3.8, 4) is 5.75 Å². The Labute approximate surface area is 141 Å². The van der Waals surface area contributed by atoms with Crippen LogP contribution in [0.4, 0.5) is 0 Å². The van der Waals surface area contributed by atoms with E-state index < -0.39 is 0 Å². The molecule has 0 unspecified atom stereocenters. The van der Waals surface area contributed by atoms with E-state index in [2.05, 4.69) is 5.32 Å². The summed E-state index contributed by atoms with van der Waals surface area (Å²) in [4.78, 5) is 25.1. The van der Waals surface area contributed by atoms with Gasteiger partial charge in [-0.3, -0.25) is 9.59 Å². The first kappa shape index (κ1) is 16.3. The molecule has 5 heteroatoms. The van der Waals surface area contributed by atoms with E-state index in [0.717, 1.165) is 29.5 Å². The van der Waals surface area contributed by atoms with Crippen LogP contribution >= 0.6 is 0 Å². The molecule has 126 valence electrons. The second-order valence-corrected chi connectivity index (χ2v) is 6.20. The maximum Gasteiger partial charge on any atom is 0.260 e. The summed E-state index contributed by atoms with van der Waals surface area (Å²) in [7, 11) is 0. The van der Waals surface area contributed by atoms with E-state index in [4.69, 9.17) is 4.74 Å². The highest BCUT2D eigenvalue weighted by molar-refractivity contribution is 5.88. The van der Waals surface area contributed by atoms with Gasteiger partial charge in [-0.05, 0) is 23.8 Å². The second kappa shape index (κ2) is 7.34. The second-order valence-electron chi connectivity index (χ2n) is 6.20. The Kier molecular flexibility index (Phi) is 4.99. The van der Waals surface area contributed by atoms with Crippen LogP contribution in [-0.4, -0.2) is 43.0 Å². The molecule has 1 fully saturated rings. The van der Waals surface area contributed by atoms with Crippen molar-refractivity contribution in [3.05, 3.63) is 42.5 Å². The number of carbonyl (C=O) groups excluding carboxylic acids is 2. The number of rotatable bonds is 5. The normalized spacial score (nSPS) is 17.0. The van der Waals surface area contributed by atoms with Crippen molar-refractivity contribution >= 4 is 22.6 Å². The van der Waals surface area contributed by atoms with Gasteiger partial charge in [0.05, 0.1) is 0 Å². The number of amides is 2. The van der Waals surface area contributed by atoms with Crippen LogP contribution in [0.15, 0.2) is 42.5 Å². The zero-order chi connectivity index (χ0) is 16.9. The Morgan fingerprint density at radius 3 is 2.83 bits per heavy atom. The maximum absolute atomic E-state index is 12.4. The Balaban J connectivity index is 1.55. The molecule has 2 aromatic rings. The standard InChI is InChI=1S/C19H22N2O3/c1-14(22)20-11-15-9-10-21(12-15)19(23)13-24-18-8-4-6-16-5-2-3-7-17(16)18/h2-8,15H,9-13H2,1H3,(H,20,22)/t15-/m0/s1. The Hall–Kier alpha value is -2.56. The van der Waals surface area contributed by atoms with Gasteiger partial charge in [0.25, 0.3) is 5.91 Å². The van der Waals surface area contributed by atoms with E-state index in [1.165, 1.54) is 6.92 Å². The number of likely N-dealkylation sites (tertiary alicyclic amines) is 1. The van der Waals surface area contributed by atoms with Gasteiger partial charge in [-0.1, -0.05) is 36.4 Å². The molecule has 0 spiro atoms. The number of nitrogens with one attached hydrogen (secondary N) is 1. The average Bonchev–Trinajstić information content (AvgIpc) is 3.07. The van der Waals surface area contributed by atoms with Crippen LogP contribution in [0.1, 0.15) is 13.3 Å². The summed E-state index contributed by atoms with van der Waals surface area (Å²) < 4.78 is 5.77. The van der Waals surface area contributed by atoms with Gasteiger partial charge in [0, 0.05) is 31.9 Å². The first-order valence-corrected chi connectivity index (χ1v) is 8.26. The molecule has 24 heavy (non-hydrogen) atoms. The maximum atomic E-state index is 12.4. The van der Waals surface area contributed by atoms with Gasteiger partial charge in [0.2, 0.25) is 5.91 Å². The van der Waals surface area contributed by atoms with Gasteiger partial charge in [-0.15, -0.1) is 0 Å². The average molecular weight is 326 g/mol. The lowest BCUT2D eigenvalue weighted by atomic mass is 10.1. The number of fused-ring (bicyclic) bond motifs is 1. The molecule has 2 amide bonds. The molecule has 1 aliphatic rings. The number of hydrogen-bond acceptors (Lipinski definition) is 3. The Morgan fingerprint density at radius 1 is 1.21 bits per heavy atom. The van der Waals surface area contributed by atoms with Crippen LogP contribution in [0, 0.1) is 5.92 Å². The quantitative estimate of drug-likeness (QED) is 0.916. The first-order chi connectivity index (χ1) is 11.6. The zero-order valence-electron chi connectivity index (χ0n) is 13.8. The van der Waals surface area contributed by atoms with Crippen LogP contribution in [0.25, 0.3) is 10.8 Å². The number of benzene rings is 2. The highest BCUT2D eigenvalue weighted by atomic mass is 16.5. The van der Waals surface area contributed by atoms with Crippen LogP contribution in [0.3, 0.4) is 0 Å². The smallest absolute Gasteiger partial charge is 0.260 e. The van der Waals surface area contributed by atoms with Crippen molar-refractivity contribution < 1.29 is 14.3 Å². The van der Waals surface area contributed by atoms with E-state index in [1.54, 1.807) is 0 Å². The Morgan fingerprint density at radius 2 is 2.00 bits per heavy atom. The largest absolute Gasteiger partial charge is 0.483 e. The molecule has 0 radical (unpaired) electrons. The molecule has 0 saturated carbocycles. The molecular formula is C19H22N2O3. The summed E-state index contributed by atoms with van der Waals surface area (Å²) in [5.41, 5.74) is 0. The van der Waals surface area contributed by atoms with Crippen molar-refractivity contribution in [2.75, 3.05) is 26.2 Å². The fourth-order valence-electron chi connectivity index (χ4n) is 3.07. The van der Waals surface area contributed by atoms with Crippen LogP contribution < -0.4 is 10.1 Å².